The van der Waals surface area contributed by atoms with E-state index < -0.39 is 18.0 Å². The number of carbonyl (C=O) groups is 4. The monoisotopic (exact) mass is 553 g/mol. The van der Waals surface area contributed by atoms with Gasteiger partial charge in [-0.25, -0.2) is 14.8 Å². The summed E-state index contributed by atoms with van der Waals surface area (Å²) in [5, 5.41) is 15.0. The van der Waals surface area contributed by atoms with Crippen molar-refractivity contribution in [3.8, 4) is 5.75 Å². The number of unbranched alkanes of at least 4 members (excludes halogenated alkanes) is 1. The third kappa shape index (κ3) is 8.70. The van der Waals surface area contributed by atoms with Crippen LogP contribution in [-0.2, 0) is 27.3 Å². The Morgan fingerprint density at radius 3 is 2.40 bits per heavy atom. The number of rotatable bonds is 13. The molecule has 0 aromatic heterocycles. The quantitative estimate of drug-likeness (QED) is 0.366. The van der Waals surface area contributed by atoms with Crippen LogP contribution in [0.4, 0.5) is 4.79 Å². The maximum atomic E-state index is 13.5. The van der Waals surface area contributed by atoms with Gasteiger partial charge in [0.15, 0.2) is 0 Å². The Labute approximate surface area is 235 Å². The standard InChI is InChI=1S/C29H39N5O6/c1-31(18-8-7-11-22-9-5-4-6-10-22)28(38)25(16-17-27(36)37)33-21-34(32(2)20-26(33)35)29(39)30-19-23-12-14-24(40-3)15-13-23/h4-6,9-10,12-15,25H,7-8,11,16-21H2,1-3H3,(H,30,39)(H,36,37). The van der Waals surface area contributed by atoms with Gasteiger partial charge in [-0.3, -0.25) is 14.4 Å². The lowest BCUT2D eigenvalue weighted by molar-refractivity contribution is -0.161. The number of hydrazine groups is 1. The third-order valence-corrected chi connectivity index (χ3v) is 6.94. The summed E-state index contributed by atoms with van der Waals surface area (Å²) >= 11 is 0. The molecule has 0 radical (unpaired) electrons. The molecule has 2 N–H and O–H groups in total. The summed E-state index contributed by atoms with van der Waals surface area (Å²) in [6.45, 7) is 0.451. The molecule has 11 heteroatoms. The average molecular weight is 554 g/mol. The first kappa shape index (κ1) is 30.4. The first-order valence-electron chi connectivity index (χ1n) is 13.4. The first-order chi connectivity index (χ1) is 19.2. The second kappa shape index (κ2) is 14.9. The number of nitrogens with one attached hydrogen (secondary N) is 1. The van der Waals surface area contributed by atoms with Gasteiger partial charge in [0.05, 0.1) is 13.7 Å². The number of aliphatic carboxylic acids is 1. The highest BCUT2D eigenvalue weighted by molar-refractivity contribution is 5.89. The van der Waals surface area contributed by atoms with Crippen LogP contribution in [-0.4, -0.2) is 95.7 Å². The molecule has 2 aromatic rings. The summed E-state index contributed by atoms with van der Waals surface area (Å²) in [6.07, 6.45) is 2.22. The van der Waals surface area contributed by atoms with E-state index in [1.807, 2.05) is 30.3 Å². The number of carboxylic acids is 1. The van der Waals surface area contributed by atoms with Crippen molar-refractivity contribution in [2.24, 2.45) is 0 Å². The zero-order valence-corrected chi connectivity index (χ0v) is 23.4. The Kier molecular flexibility index (Phi) is 11.3. The fourth-order valence-corrected chi connectivity index (χ4v) is 4.57. The number of ether oxygens (including phenoxy) is 1. The molecule has 1 unspecified atom stereocenters. The van der Waals surface area contributed by atoms with E-state index in [1.54, 1.807) is 38.2 Å². The van der Waals surface area contributed by atoms with Gasteiger partial charge in [-0.15, -0.1) is 0 Å². The van der Waals surface area contributed by atoms with E-state index in [0.29, 0.717) is 12.3 Å². The summed E-state index contributed by atoms with van der Waals surface area (Å²) in [6, 6.07) is 15.9. The minimum Gasteiger partial charge on any atom is -0.497 e. The average Bonchev–Trinajstić information content (AvgIpc) is 2.95. The van der Waals surface area contributed by atoms with Crippen LogP contribution in [0, 0.1) is 0 Å². The molecule has 1 fully saturated rings. The minimum atomic E-state index is -1.06. The van der Waals surface area contributed by atoms with Crippen molar-refractivity contribution < 1.29 is 29.0 Å². The van der Waals surface area contributed by atoms with E-state index >= 15 is 0 Å². The minimum absolute atomic E-state index is 0.0424. The molecule has 0 saturated carbocycles. The molecule has 1 heterocycles. The molecule has 1 atom stereocenters. The molecule has 0 spiro atoms. The van der Waals surface area contributed by atoms with Crippen molar-refractivity contribution in [2.75, 3.05) is 41.0 Å². The van der Waals surface area contributed by atoms with Gasteiger partial charge in [0, 0.05) is 33.6 Å². The summed E-state index contributed by atoms with van der Waals surface area (Å²) in [7, 11) is 4.86. The second-order valence-corrected chi connectivity index (χ2v) is 9.88. The number of amides is 4. The Morgan fingerprint density at radius 2 is 1.75 bits per heavy atom. The molecular formula is C29H39N5O6. The molecule has 0 aliphatic carbocycles. The van der Waals surface area contributed by atoms with Crippen LogP contribution in [0.25, 0.3) is 0 Å². The van der Waals surface area contributed by atoms with Gasteiger partial charge < -0.3 is 25.0 Å². The van der Waals surface area contributed by atoms with Gasteiger partial charge in [0.1, 0.15) is 18.5 Å². The Balaban J connectivity index is 1.63. The lowest BCUT2D eigenvalue weighted by Crippen LogP contribution is -2.65. The molecule has 4 amide bonds. The largest absolute Gasteiger partial charge is 0.497 e. The van der Waals surface area contributed by atoms with Gasteiger partial charge in [0.2, 0.25) is 11.8 Å². The molecule has 216 valence electrons. The van der Waals surface area contributed by atoms with Crippen molar-refractivity contribution in [3.05, 3.63) is 65.7 Å². The van der Waals surface area contributed by atoms with Gasteiger partial charge in [0.25, 0.3) is 0 Å². The van der Waals surface area contributed by atoms with Crippen LogP contribution >= 0.6 is 0 Å². The molecule has 1 aliphatic heterocycles. The van der Waals surface area contributed by atoms with E-state index in [-0.39, 0.29) is 44.4 Å². The molecular weight excluding hydrogens is 514 g/mol. The fourth-order valence-electron chi connectivity index (χ4n) is 4.57. The normalized spacial score (nSPS) is 14.5. The number of methoxy groups -OCH3 is 1. The number of likely N-dealkylation sites (N-methyl/N-ethyl adjacent to an activating group) is 2. The summed E-state index contributed by atoms with van der Waals surface area (Å²) in [5.41, 5.74) is 2.09. The Morgan fingerprint density at radius 1 is 1.05 bits per heavy atom. The second-order valence-electron chi connectivity index (χ2n) is 9.88. The SMILES string of the molecule is COc1ccc(CNC(=O)N2CN(C(CCC(=O)O)C(=O)N(C)CCCCc3ccccc3)C(=O)CN2C)cc1. The van der Waals surface area contributed by atoms with Crippen LogP contribution in [0.15, 0.2) is 54.6 Å². The number of benzene rings is 2. The zero-order chi connectivity index (χ0) is 29.1. The van der Waals surface area contributed by atoms with E-state index in [2.05, 4.69) is 17.4 Å². The maximum Gasteiger partial charge on any atom is 0.333 e. The van der Waals surface area contributed by atoms with Crippen LogP contribution in [0.3, 0.4) is 0 Å². The Bertz CT molecular complexity index is 1140. The number of aryl methyl sites for hydroxylation is 1. The summed E-state index contributed by atoms with van der Waals surface area (Å²) < 4.78 is 5.16. The predicted molar refractivity (Wildman–Crippen MR) is 149 cm³/mol. The van der Waals surface area contributed by atoms with Crippen LogP contribution in [0.5, 0.6) is 5.75 Å². The number of hydrogen-bond acceptors (Lipinski definition) is 6. The first-order valence-corrected chi connectivity index (χ1v) is 13.4. The van der Waals surface area contributed by atoms with Crippen molar-refractivity contribution in [2.45, 2.75) is 44.7 Å². The van der Waals surface area contributed by atoms with Crippen molar-refractivity contribution in [3.63, 3.8) is 0 Å². The van der Waals surface area contributed by atoms with Gasteiger partial charge in [-0.05, 0) is 48.9 Å². The smallest absolute Gasteiger partial charge is 0.333 e. The van der Waals surface area contributed by atoms with Crippen molar-refractivity contribution >= 4 is 23.8 Å². The number of nitrogens with zero attached hydrogens (tertiary/aromatic N) is 4. The Hall–Kier alpha value is -4.12. The topological polar surface area (TPSA) is 123 Å². The lowest BCUT2D eigenvalue weighted by Gasteiger charge is -2.44. The highest BCUT2D eigenvalue weighted by atomic mass is 16.5. The molecule has 40 heavy (non-hydrogen) atoms. The number of hydrogen-bond donors (Lipinski definition) is 2. The molecule has 1 aliphatic rings. The summed E-state index contributed by atoms with van der Waals surface area (Å²) in [4.78, 5) is 53.8. The lowest BCUT2D eigenvalue weighted by atomic mass is 10.1. The molecule has 3 rings (SSSR count). The van der Waals surface area contributed by atoms with E-state index in [1.165, 1.54) is 20.5 Å². The molecule has 1 saturated heterocycles. The van der Waals surface area contributed by atoms with Crippen LogP contribution in [0.1, 0.15) is 36.8 Å². The number of carboxylic acid groups (broad SMARTS) is 1. The van der Waals surface area contributed by atoms with Gasteiger partial charge in [-0.1, -0.05) is 42.5 Å². The van der Waals surface area contributed by atoms with Crippen LogP contribution < -0.4 is 10.1 Å². The highest BCUT2D eigenvalue weighted by Gasteiger charge is 2.39. The van der Waals surface area contributed by atoms with Crippen molar-refractivity contribution in [1.29, 1.82) is 0 Å². The maximum absolute atomic E-state index is 13.5. The zero-order valence-electron chi connectivity index (χ0n) is 23.4. The fraction of sp³-hybridized carbons (Fsp3) is 0.448. The highest BCUT2D eigenvalue weighted by Crippen LogP contribution is 2.18. The molecule has 2 aromatic carbocycles. The van der Waals surface area contributed by atoms with E-state index in [9.17, 15) is 24.3 Å². The van der Waals surface area contributed by atoms with Crippen LogP contribution in [0.2, 0.25) is 0 Å². The van der Waals surface area contributed by atoms with E-state index in [0.717, 1.165) is 24.8 Å². The third-order valence-electron chi connectivity index (χ3n) is 6.94. The van der Waals surface area contributed by atoms with Crippen molar-refractivity contribution in [1.82, 2.24) is 25.1 Å². The number of urea groups is 1. The predicted octanol–water partition coefficient (Wildman–Crippen LogP) is 2.57. The van der Waals surface area contributed by atoms with Gasteiger partial charge in [-0.2, -0.15) is 0 Å². The van der Waals surface area contributed by atoms with Gasteiger partial charge >= 0.3 is 12.0 Å². The number of carbonyl (C=O) groups excluding carboxylic acids is 3. The molecule has 0 bridgehead atoms. The molecule has 11 nitrogen and oxygen atoms in total. The van der Waals surface area contributed by atoms with E-state index in [4.69, 9.17) is 4.74 Å². The summed E-state index contributed by atoms with van der Waals surface area (Å²) in [5.74, 6) is -1.03.